The number of nitrogens with zero attached hydrogens (tertiary/aromatic N) is 3. The second-order valence-electron chi connectivity index (χ2n) is 6.39. The third-order valence-corrected chi connectivity index (χ3v) is 5.48. The number of carbonyl (C=O) groups is 1. The zero-order valence-electron chi connectivity index (χ0n) is 14.8. The second kappa shape index (κ2) is 7.94. The lowest BCUT2D eigenvalue weighted by Crippen LogP contribution is -2.37. The SMILES string of the molecule is O=C(CSc1ccccn1)N1CCc2nc(-c3cccc(CO)c3)[nH]c2C1. The molecule has 0 radical (unpaired) electrons. The van der Waals surface area contributed by atoms with E-state index < -0.39 is 0 Å². The van der Waals surface area contributed by atoms with Crippen LogP contribution in [-0.4, -0.2) is 43.2 Å². The number of H-pyrrole nitrogens is 1. The molecule has 3 aromatic rings. The standard InChI is InChI=1S/C20H20N4O2S/c25-12-14-4-3-5-15(10-14)20-22-16-7-9-24(11-17(16)23-20)19(26)13-27-18-6-1-2-8-21-18/h1-6,8,10,25H,7,9,11-13H2,(H,22,23). The minimum absolute atomic E-state index is 0.00445. The summed E-state index contributed by atoms with van der Waals surface area (Å²) in [6.07, 6.45) is 2.48. The molecule has 138 valence electrons. The largest absolute Gasteiger partial charge is 0.392 e. The second-order valence-corrected chi connectivity index (χ2v) is 7.39. The highest BCUT2D eigenvalue weighted by atomic mass is 32.2. The summed E-state index contributed by atoms with van der Waals surface area (Å²) in [6, 6.07) is 13.4. The Bertz CT molecular complexity index is 942. The van der Waals surface area contributed by atoms with E-state index in [4.69, 9.17) is 4.98 Å². The van der Waals surface area contributed by atoms with E-state index in [9.17, 15) is 9.90 Å². The van der Waals surface area contributed by atoms with Crippen LogP contribution in [0, 0.1) is 0 Å². The minimum Gasteiger partial charge on any atom is -0.392 e. The fraction of sp³-hybridized carbons (Fsp3) is 0.250. The number of imidazole rings is 1. The fourth-order valence-corrected chi connectivity index (χ4v) is 3.88. The van der Waals surface area contributed by atoms with Gasteiger partial charge in [0.1, 0.15) is 5.82 Å². The van der Waals surface area contributed by atoms with Gasteiger partial charge in [-0.15, -0.1) is 0 Å². The lowest BCUT2D eigenvalue weighted by Gasteiger charge is -2.26. The van der Waals surface area contributed by atoms with Gasteiger partial charge in [0.15, 0.2) is 0 Å². The Morgan fingerprint density at radius 2 is 2.19 bits per heavy atom. The first-order valence-electron chi connectivity index (χ1n) is 8.82. The van der Waals surface area contributed by atoms with Gasteiger partial charge in [0.2, 0.25) is 5.91 Å². The summed E-state index contributed by atoms with van der Waals surface area (Å²) in [5.74, 6) is 1.27. The number of nitrogens with one attached hydrogen (secondary N) is 1. The Labute approximate surface area is 161 Å². The van der Waals surface area contributed by atoms with E-state index in [1.165, 1.54) is 11.8 Å². The average Bonchev–Trinajstić information content (AvgIpc) is 3.16. The molecule has 6 nitrogen and oxygen atoms in total. The van der Waals surface area contributed by atoms with Crippen molar-refractivity contribution in [2.45, 2.75) is 24.6 Å². The maximum absolute atomic E-state index is 12.6. The number of thioether (sulfide) groups is 1. The van der Waals surface area contributed by atoms with Crippen molar-refractivity contribution in [2.24, 2.45) is 0 Å². The molecule has 0 spiro atoms. The van der Waals surface area contributed by atoms with Gasteiger partial charge in [0.25, 0.3) is 0 Å². The van der Waals surface area contributed by atoms with Gasteiger partial charge < -0.3 is 15.0 Å². The van der Waals surface area contributed by atoms with Gasteiger partial charge in [-0.2, -0.15) is 0 Å². The number of pyridine rings is 1. The smallest absolute Gasteiger partial charge is 0.233 e. The summed E-state index contributed by atoms with van der Waals surface area (Å²) >= 11 is 1.46. The number of amides is 1. The number of carbonyl (C=O) groups excluding carboxylic acids is 1. The van der Waals surface area contributed by atoms with Crippen LogP contribution in [0.15, 0.2) is 53.7 Å². The molecule has 0 fully saturated rings. The van der Waals surface area contributed by atoms with Gasteiger partial charge in [-0.25, -0.2) is 9.97 Å². The fourth-order valence-electron chi connectivity index (χ4n) is 3.12. The van der Waals surface area contributed by atoms with Crippen LogP contribution in [0.3, 0.4) is 0 Å². The third kappa shape index (κ3) is 4.04. The van der Waals surface area contributed by atoms with Crippen molar-refractivity contribution < 1.29 is 9.90 Å². The highest BCUT2D eigenvalue weighted by molar-refractivity contribution is 7.99. The molecule has 0 unspecified atom stereocenters. The molecule has 4 rings (SSSR count). The summed E-state index contributed by atoms with van der Waals surface area (Å²) in [5, 5.41) is 10.2. The van der Waals surface area contributed by atoms with E-state index >= 15 is 0 Å². The molecule has 1 amide bonds. The van der Waals surface area contributed by atoms with Crippen LogP contribution in [0.4, 0.5) is 0 Å². The predicted molar refractivity (Wildman–Crippen MR) is 104 cm³/mol. The number of fused-ring (bicyclic) bond motifs is 1. The van der Waals surface area contributed by atoms with Gasteiger partial charge in [0, 0.05) is 24.7 Å². The zero-order valence-corrected chi connectivity index (χ0v) is 15.6. The van der Waals surface area contributed by atoms with Crippen LogP contribution >= 0.6 is 11.8 Å². The Morgan fingerprint density at radius 3 is 3.00 bits per heavy atom. The third-order valence-electron chi connectivity index (χ3n) is 4.55. The molecule has 0 bridgehead atoms. The van der Waals surface area contributed by atoms with Crippen molar-refractivity contribution >= 4 is 17.7 Å². The average molecular weight is 380 g/mol. The van der Waals surface area contributed by atoms with Crippen LogP contribution < -0.4 is 0 Å². The van der Waals surface area contributed by atoms with E-state index in [1.807, 2.05) is 47.4 Å². The summed E-state index contributed by atoms with van der Waals surface area (Å²) in [4.78, 5) is 26.7. The number of aromatic nitrogens is 3. The van der Waals surface area contributed by atoms with E-state index in [1.54, 1.807) is 6.20 Å². The number of benzene rings is 1. The van der Waals surface area contributed by atoms with Crippen molar-refractivity contribution in [1.29, 1.82) is 0 Å². The van der Waals surface area contributed by atoms with Crippen molar-refractivity contribution in [1.82, 2.24) is 19.9 Å². The van der Waals surface area contributed by atoms with Crippen LogP contribution in [0.2, 0.25) is 0 Å². The van der Waals surface area contributed by atoms with Crippen molar-refractivity contribution in [3.8, 4) is 11.4 Å². The molecule has 0 saturated heterocycles. The molecule has 0 aliphatic carbocycles. The first-order chi connectivity index (χ1) is 13.2. The normalized spacial score (nSPS) is 13.4. The molecule has 2 N–H and O–H groups in total. The molecule has 27 heavy (non-hydrogen) atoms. The van der Waals surface area contributed by atoms with Crippen LogP contribution in [0.1, 0.15) is 17.0 Å². The Balaban J connectivity index is 1.43. The molecule has 1 aliphatic rings. The maximum Gasteiger partial charge on any atom is 0.233 e. The predicted octanol–water partition coefficient (Wildman–Crippen LogP) is 2.64. The summed E-state index contributed by atoms with van der Waals surface area (Å²) in [7, 11) is 0. The lowest BCUT2D eigenvalue weighted by molar-refractivity contribution is -0.129. The van der Waals surface area contributed by atoms with E-state index in [0.717, 1.165) is 39.8 Å². The Kier molecular flexibility index (Phi) is 5.22. The van der Waals surface area contributed by atoms with Gasteiger partial charge in [-0.3, -0.25) is 4.79 Å². The quantitative estimate of drug-likeness (QED) is 0.665. The van der Waals surface area contributed by atoms with E-state index in [2.05, 4.69) is 9.97 Å². The van der Waals surface area contributed by atoms with Crippen molar-refractivity contribution in [3.05, 3.63) is 65.6 Å². The molecule has 0 saturated carbocycles. The molecule has 2 aromatic heterocycles. The Hall–Kier alpha value is -2.64. The van der Waals surface area contributed by atoms with Crippen molar-refractivity contribution in [2.75, 3.05) is 12.3 Å². The first kappa shape index (κ1) is 17.8. The van der Waals surface area contributed by atoms with E-state index in [-0.39, 0.29) is 12.5 Å². The Morgan fingerprint density at radius 1 is 1.26 bits per heavy atom. The number of aromatic amines is 1. The molecular weight excluding hydrogens is 360 g/mol. The molecule has 1 aromatic carbocycles. The van der Waals surface area contributed by atoms with Gasteiger partial charge in [-0.05, 0) is 23.8 Å². The van der Waals surface area contributed by atoms with Gasteiger partial charge in [0.05, 0.1) is 35.3 Å². The molecule has 3 heterocycles. The number of hydrogen-bond acceptors (Lipinski definition) is 5. The molecule has 7 heteroatoms. The summed E-state index contributed by atoms with van der Waals surface area (Å²) < 4.78 is 0. The topological polar surface area (TPSA) is 82.1 Å². The summed E-state index contributed by atoms with van der Waals surface area (Å²) in [6.45, 7) is 1.23. The minimum atomic E-state index is 0.00445. The highest BCUT2D eigenvalue weighted by Crippen LogP contribution is 2.24. The van der Waals surface area contributed by atoms with Crippen molar-refractivity contribution in [3.63, 3.8) is 0 Å². The number of aliphatic hydroxyl groups excluding tert-OH is 1. The first-order valence-corrected chi connectivity index (χ1v) is 9.81. The summed E-state index contributed by atoms with van der Waals surface area (Å²) in [5.41, 5.74) is 3.80. The molecule has 0 atom stereocenters. The van der Waals surface area contributed by atoms with Crippen LogP contribution in [0.5, 0.6) is 0 Å². The zero-order chi connectivity index (χ0) is 18.6. The number of hydrogen-bond donors (Lipinski definition) is 2. The van der Waals surface area contributed by atoms with Crippen LogP contribution in [-0.2, 0) is 24.4 Å². The number of aliphatic hydroxyl groups is 1. The highest BCUT2D eigenvalue weighted by Gasteiger charge is 2.24. The number of rotatable bonds is 5. The van der Waals surface area contributed by atoms with Crippen LogP contribution in [0.25, 0.3) is 11.4 Å². The lowest BCUT2D eigenvalue weighted by atomic mass is 10.1. The van der Waals surface area contributed by atoms with Gasteiger partial charge >= 0.3 is 0 Å². The van der Waals surface area contributed by atoms with E-state index in [0.29, 0.717) is 18.8 Å². The molecular formula is C20H20N4O2S. The monoisotopic (exact) mass is 380 g/mol. The molecule has 1 aliphatic heterocycles. The van der Waals surface area contributed by atoms with Gasteiger partial charge in [-0.1, -0.05) is 36.0 Å². The maximum atomic E-state index is 12.6.